The highest BCUT2D eigenvalue weighted by Gasteiger charge is 2.30. The summed E-state index contributed by atoms with van der Waals surface area (Å²) < 4.78 is 43.5. The van der Waals surface area contributed by atoms with E-state index in [4.69, 9.17) is 4.42 Å². The minimum atomic E-state index is -4.53. The molecule has 1 aromatic heterocycles. The molecule has 2 rings (SSSR count). The Morgan fingerprint density at radius 1 is 1.21 bits per heavy atom. The van der Waals surface area contributed by atoms with Crippen LogP contribution in [0.1, 0.15) is 35.7 Å². The van der Waals surface area contributed by atoms with E-state index in [1.807, 2.05) is 13.8 Å². The lowest BCUT2D eigenvalue weighted by Crippen LogP contribution is -2.31. The number of aromatic nitrogens is 2. The first-order valence-electron chi connectivity index (χ1n) is 8.43. The smallest absolute Gasteiger partial charge is 0.414 e. The maximum absolute atomic E-state index is 12.7. The van der Waals surface area contributed by atoms with Crippen molar-refractivity contribution in [3.05, 3.63) is 41.3 Å². The SMILES string of the molecule is CCN(CC)C(=O)CSc1nnc(CNC(=O)c2cccc(C(F)(F)F)c2)o1. The molecule has 0 saturated heterocycles. The van der Waals surface area contributed by atoms with E-state index < -0.39 is 17.6 Å². The highest BCUT2D eigenvalue weighted by molar-refractivity contribution is 7.99. The molecule has 0 unspecified atom stereocenters. The van der Waals surface area contributed by atoms with Crippen LogP contribution in [0.25, 0.3) is 0 Å². The number of benzene rings is 1. The van der Waals surface area contributed by atoms with Crippen molar-refractivity contribution in [3.63, 3.8) is 0 Å². The Labute approximate surface area is 163 Å². The molecule has 0 fully saturated rings. The molecule has 1 heterocycles. The van der Waals surface area contributed by atoms with Crippen LogP contribution in [0.5, 0.6) is 0 Å². The number of carbonyl (C=O) groups is 2. The van der Waals surface area contributed by atoms with Crippen molar-refractivity contribution in [2.45, 2.75) is 31.8 Å². The van der Waals surface area contributed by atoms with Gasteiger partial charge in [-0.2, -0.15) is 13.2 Å². The quantitative estimate of drug-likeness (QED) is 0.666. The van der Waals surface area contributed by atoms with Gasteiger partial charge in [0.05, 0.1) is 17.9 Å². The van der Waals surface area contributed by atoms with Crippen LogP contribution >= 0.6 is 11.8 Å². The third-order valence-corrected chi connectivity index (χ3v) is 4.54. The zero-order chi connectivity index (χ0) is 20.7. The Morgan fingerprint density at radius 2 is 1.93 bits per heavy atom. The number of nitrogens with one attached hydrogen (secondary N) is 1. The molecular weight excluding hydrogens is 397 g/mol. The summed E-state index contributed by atoms with van der Waals surface area (Å²) in [6.45, 7) is 4.82. The lowest BCUT2D eigenvalue weighted by atomic mass is 10.1. The molecular formula is C17H19F3N4O3S. The Bertz CT molecular complexity index is 822. The Balaban J connectivity index is 1.89. The van der Waals surface area contributed by atoms with Gasteiger partial charge in [-0.15, -0.1) is 10.2 Å². The van der Waals surface area contributed by atoms with Crippen LogP contribution in [0.4, 0.5) is 13.2 Å². The summed E-state index contributed by atoms with van der Waals surface area (Å²) in [5, 5.41) is 10.1. The minimum absolute atomic E-state index is 0.0624. The summed E-state index contributed by atoms with van der Waals surface area (Å²) >= 11 is 1.07. The second-order valence-corrected chi connectivity index (χ2v) is 6.50. The maximum atomic E-state index is 12.7. The van der Waals surface area contributed by atoms with Crippen molar-refractivity contribution in [2.75, 3.05) is 18.8 Å². The zero-order valence-electron chi connectivity index (χ0n) is 15.2. The number of halogens is 3. The molecule has 1 N–H and O–H groups in total. The predicted molar refractivity (Wildman–Crippen MR) is 95.6 cm³/mol. The summed E-state index contributed by atoms with van der Waals surface area (Å²) in [6.07, 6.45) is -4.53. The van der Waals surface area contributed by atoms with Crippen molar-refractivity contribution < 1.29 is 27.2 Å². The van der Waals surface area contributed by atoms with Crippen LogP contribution in [0.2, 0.25) is 0 Å². The van der Waals surface area contributed by atoms with Gasteiger partial charge in [0.25, 0.3) is 11.1 Å². The Morgan fingerprint density at radius 3 is 2.57 bits per heavy atom. The molecule has 28 heavy (non-hydrogen) atoms. The summed E-state index contributed by atoms with van der Waals surface area (Å²) in [4.78, 5) is 25.6. The molecule has 0 saturated carbocycles. The molecule has 152 valence electrons. The second kappa shape index (κ2) is 9.58. The number of hydrogen-bond acceptors (Lipinski definition) is 6. The van der Waals surface area contributed by atoms with E-state index in [1.165, 1.54) is 6.07 Å². The first-order valence-corrected chi connectivity index (χ1v) is 9.41. The van der Waals surface area contributed by atoms with Crippen LogP contribution in [0.15, 0.2) is 33.9 Å². The largest absolute Gasteiger partial charge is 0.416 e. The van der Waals surface area contributed by atoms with E-state index in [-0.39, 0.29) is 34.9 Å². The predicted octanol–water partition coefficient (Wildman–Crippen LogP) is 2.98. The molecule has 7 nitrogen and oxygen atoms in total. The summed E-state index contributed by atoms with van der Waals surface area (Å²) in [6, 6.07) is 4.09. The molecule has 0 aliphatic heterocycles. The fourth-order valence-corrected chi connectivity index (χ4v) is 2.94. The average molecular weight is 416 g/mol. The normalized spacial score (nSPS) is 11.3. The van der Waals surface area contributed by atoms with E-state index in [9.17, 15) is 22.8 Å². The third-order valence-electron chi connectivity index (χ3n) is 3.74. The van der Waals surface area contributed by atoms with E-state index >= 15 is 0 Å². The number of amides is 2. The first-order chi connectivity index (χ1) is 13.2. The van der Waals surface area contributed by atoms with E-state index in [0.717, 1.165) is 30.0 Å². The van der Waals surface area contributed by atoms with Crippen LogP contribution in [-0.2, 0) is 17.5 Å². The minimum Gasteiger partial charge on any atom is -0.414 e. The topological polar surface area (TPSA) is 88.3 Å². The molecule has 0 aliphatic rings. The van der Waals surface area contributed by atoms with Gasteiger partial charge < -0.3 is 14.6 Å². The third kappa shape index (κ3) is 5.98. The number of thioether (sulfide) groups is 1. The van der Waals surface area contributed by atoms with Crippen molar-refractivity contribution in [3.8, 4) is 0 Å². The number of carbonyl (C=O) groups excluding carboxylic acids is 2. The molecule has 0 bridgehead atoms. The van der Waals surface area contributed by atoms with Crippen molar-refractivity contribution >= 4 is 23.6 Å². The number of hydrogen-bond donors (Lipinski definition) is 1. The van der Waals surface area contributed by atoms with Crippen LogP contribution in [0.3, 0.4) is 0 Å². The highest BCUT2D eigenvalue weighted by atomic mass is 32.2. The lowest BCUT2D eigenvalue weighted by Gasteiger charge is -2.17. The number of alkyl halides is 3. The monoisotopic (exact) mass is 416 g/mol. The maximum Gasteiger partial charge on any atom is 0.416 e. The van der Waals surface area contributed by atoms with E-state index in [0.29, 0.717) is 13.1 Å². The van der Waals surface area contributed by atoms with Gasteiger partial charge in [-0.25, -0.2) is 0 Å². The average Bonchev–Trinajstić information content (AvgIpc) is 3.13. The van der Waals surface area contributed by atoms with Crippen molar-refractivity contribution in [1.29, 1.82) is 0 Å². The van der Waals surface area contributed by atoms with Gasteiger partial charge in [0, 0.05) is 18.7 Å². The molecule has 0 aliphatic carbocycles. The van der Waals surface area contributed by atoms with Gasteiger partial charge in [0.15, 0.2) is 0 Å². The summed E-state index contributed by atoms with van der Waals surface area (Å²) in [5.74, 6) is -0.541. The zero-order valence-corrected chi connectivity index (χ0v) is 16.1. The van der Waals surface area contributed by atoms with E-state index in [1.54, 1.807) is 4.90 Å². The molecule has 2 aromatic rings. The van der Waals surface area contributed by atoms with Gasteiger partial charge in [-0.05, 0) is 32.0 Å². The summed E-state index contributed by atoms with van der Waals surface area (Å²) in [5.41, 5.74) is -1.04. The molecule has 11 heteroatoms. The lowest BCUT2D eigenvalue weighted by molar-refractivity contribution is -0.137. The summed E-state index contributed by atoms with van der Waals surface area (Å²) in [7, 11) is 0. The standard InChI is InChI=1S/C17H19F3N4O3S/c1-3-24(4-2)14(25)10-28-16-23-22-13(27-16)9-21-15(26)11-6-5-7-12(8-11)17(18,19)20/h5-8H,3-4,9-10H2,1-2H3,(H,21,26). The van der Waals surface area contributed by atoms with Gasteiger partial charge in [0.2, 0.25) is 11.8 Å². The molecule has 0 spiro atoms. The number of nitrogens with zero attached hydrogens (tertiary/aromatic N) is 3. The fraction of sp³-hybridized carbons (Fsp3) is 0.412. The molecule has 1 aromatic carbocycles. The Hall–Kier alpha value is -2.56. The Kier molecular flexibility index (Phi) is 7.44. The van der Waals surface area contributed by atoms with Crippen LogP contribution in [-0.4, -0.2) is 45.8 Å². The fourth-order valence-electron chi connectivity index (χ4n) is 2.25. The van der Waals surface area contributed by atoms with Gasteiger partial charge in [-0.3, -0.25) is 9.59 Å². The highest BCUT2D eigenvalue weighted by Crippen LogP contribution is 2.29. The van der Waals surface area contributed by atoms with Gasteiger partial charge in [0.1, 0.15) is 0 Å². The van der Waals surface area contributed by atoms with E-state index in [2.05, 4.69) is 15.5 Å². The number of rotatable bonds is 8. The second-order valence-electron chi connectivity index (χ2n) is 5.58. The van der Waals surface area contributed by atoms with Gasteiger partial charge >= 0.3 is 6.18 Å². The van der Waals surface area contributed by atoms with Gasteiger partial charge in [-0.1, -0.05) is 17.8 Å². The molecule has 0 atom stereocenters. The molecule has 0 radical (unpaired) electrons. The molecule has 2 amide bonds. The van der Waals surface area contributed by atoms with Crippen LogP contribution < -0.4 is 5.32 Å². The first kappa shape index (κ1) is 21.7. The van der Waals surface area contributed by atoms with Crippen LogP contribution in [0, 0.1) is 0 Å². The van der Waals surface area contributed by atoms with Crippen molar-refractivity contribution in [2.24, 2.45) is 0 Å². The van der Waals surface area contributed by atoms with Crippen molar-refractivity contribution in [1.82, 2.24) is 20.4 Å².